The molecule has 2 nitrogen and oxygen atoms in total. The largest absolute Gasteiger partial charge is 0.314 e. The molecule has 0 aliphatic heterocycles. The standard InChI is InChI=1S/C16H25FN2/c1-3-18-15-5-4-6-16(11-15)19(2)12-13-7-9-14(17)10-8-13/h7-10,15-16,18H,3-6,11-12H2,1-2H3. The maximum Gasteiger partial charge on any atom is 0.123 e. The molecule has 1 aromatic carbocycles. The van der Waals surface area contributed by atoms with Gasteiger partial charge in [-0.15, -0.1) is 0 Å². The predicted octanol–water partition coefficient (Wildman–Crippen LogP) is 3.18. The Morgan fingerprint density at radius 1 is 1.26 bits per heavy atom. The number of hydrogen-bond donors (Lipinski definition) is 1. The van der Waals surface area contributed by atoms with Gasteiger partial charge >= 0.3 is 0 Å². The SMILES string of the molecule is CCNC1CCCC(N(C)Cc2ccc(F)cc2)C1. The third kappa shape index (κ3) is 4.29. The van der Waals surface area contributed by atoms with Crippen molar-refractivity contribution < 1.29 is 4.39 Å². The summed E-state index contributed by atoms with van der Waals surface area (Å²) in [6.45, 7) is 4.13. The van der Waals surface area contributed by atoms with E-state index in [1.54, 1.807) is 12.1 Å². The van der Waals surface area contributed by atoms with Crippen molar-refractivity contribution in [1.29, 1.82) is 0 Å². The predicted molar refractivity (Wildman–Crippen MR) is 77.6 cm³/mol. The summed E-state index contributed by atoms with van der Waals surface area (Å²) < 4.78 is 12.9. The van der Waals surface area contributed by atoms with E-state index in [1.165, 1.54) is 31.2 Å². The average molecular weight is 264 g/mol. The van der Waals surface area contributed by atoms with Crippen LogP contribution in [0.2, 0.25) is 0 Å². The summed E-state index contributed by atoms with van der Waals surface area (Å²) in [5, 5.41) is 3.56. The number of hydrogen-bond acceptors (Lipinski definition) is 2. The monoisotopic (exact) mass is 264 g/mol. The molecule has 0 radical (unpaired) electrons. The smallest absolute Gasteiger partial charge is 0.123 e. The summed E-state index contributed by atoms with van der Waals surface area (Å²) in [5.41, 5.74) is 1.19. The summed E-state index contributed by atoms with van der Waals surface area (Å²) in [5.74, 6) is -0.156. The molecule has 1 fully saturated rings. The fourth-order valence-electron chi connectivity index (χ4n) is 3.05. The van der Waals surface area contributed by atoms with Crippen LogP contribution in [0.15, 0.2) is 24.3 Å². The van der Waals surface area contributed by atoms with Gasteiger partial charge < -0.3 is 5.32 Å². The highest BCUT2D eigenvalue weighted by Crippen LogP contribution is 2.23. The Morgan fingerprint density at radius 2 is 2.00 bits per heavy atom. The Labute approximate surface area is 116 Å². The molecule has 0 heterocycles. The Balaban J connectivity index is 1.88. The highest BCUT2D eigenvalue weighted by molar-refractivity contribution is 5.16. The number of nitrogens with zero attached hydrogens (tertiary/aromatic N) is 1. The van der Waals surface area contributed by atoms with Crippen LogP contribution in [-0.2, 0) is 6.54 Å². The van der Waals surface area contributed by atoms with Crippen LogP contribution in [0.3, 0.4) is 0 Å². The molecule has 0 aromatic heterocycles. The summed E-state index contributed by atoms with van der Waals surface area (Å²) in [6.07, 6.45) is 5.11. The highest BCUT2D eigenvalue weighted by Gasteiger charge is 2.24. The second kappa shape index (κ2) is 7.01. The molecule has 0 spiro atoms. The van der Waals surface area contributed by atoms with Crippen LogP contribution in [0.25, 0.3) is 0 Å². The minimum Gasteiger partial charge on any atom is -0.314 e. The number of rotatable bonds is 5. The molecule has 2 atom stereocenters. The Bertz CT molecular complexity index is 375. The zero-order chi connectivity index (χ0) is 13.7. The van der Waals surface area contributed by atoms with E-state index in [9.17, 15) is 4.39 Å². The van der Waals surface area contributed by atoms with Gasteiger partial charge in [-0.1, -0.05) is 25.5 Å². The van der Waals surface area contributed by atoms with Gasteiger partial charge in [0.25, 0.3) is 0 Å². The quantitative estimate of drug-likeness (QED) is 0.878. The van der Waals surface area contributed by atoms with E-state index in [0.717, 1.165) is 13.1 Å². The summed E-state index contributed by atoms with van der Waals surface area (Å²) >= 11 is 0. The lowest BCUT2D eigenvalue weighted by Gasteiger charge is -2.35. The van der Waals surface area contributed by atoms with Gasteiger partial charge in [-0.2, -0.15) is 0 Å². The Morgan fingerprint density at radius 3 is 2.68 bits per heavy atom. The number of nitrogens with one attached hydrogen (secondary N) is 1. The lowest BCUT2D eigenvalue weighted by molar-refractivity contribution is 0.163. The van der Waals surface area contributed by atoms with E-state index in [-0.39, 0.29) is 5.82 Å². The molecule has 2 unspecified atom stereocenters. The van der Waals surface area contributed by atoms with Crippen molar-refractivity contribution in [2.24, 2.45) is 0 Å². The molecule has 3 heteroatoms. The van der Waals surface area contributed by atoms with Crippen molar-refractivity contribution >= 4 is 0 Å². The lowest BCUT2D eigenvalue weighted by Crippen LogP contribution is -2.42. The van der Waals surface area contributed by atoms with Gasteiger partial charge in [0.1, 0.15) is 5.82 Å². The van der Waals surface area contributed by atoms with Crippen molar-refractivity contribution in [3.8, 4) is 0 Å². The minimum atomic E-state index is -0.156. The Kier molecular flexibility index (Phi) is 5.34. The van der Waals surface area contributed by atoms with Crippen molar-refractivity contribution in [2.45, 2.75) is 51.2 Å². The second-order valence-electron chi connectivity index (χ2n) is 5.62. The minimum absolute atomic E-state index is 0.156. The molecule has 1 aliphatic rings. The van der Waals surface area contributed by atoms with Crippen LogP contribution in [0.1, 0.15) is 38.2 Å². The molecule has 1 aromatic rings. The molecule has 1 aliphatic carbocycles. The average Bonchev–Trinajstić information content (AvgIpc) is 2.42. The van der Waals surface area contributed by atoms with Crippen molar-refractivity contribution in [3.63, 3.8) is 0 Å². The van der Waals surface area contributed by atoms with Crippen LogP contribution >= 0.6 is 0 Å². The molecule has 106 valence electrons. The van der Waals surface area contributed by atoms with Crippen molar-refractivity contribution in [3.05, 3.63) is 35.6 Å². The van der Waals surface area contributed by atoms with E-state index in [1.807, 2.05) is 12.1 Å². The highest BCUT2D eigenvalue weighted by atomic mass is 19.1. The van der Waals surface area contributed by atoms with Gasteiger partial charge in [-0.25, -0.2) is 4.39 Å². The zero-order valence-electron chi connectivity index (χ0n) is 12.0. The third-order valence-corrected chi connectivity index (χ3v) is 4.11. The van der Waals surface area contributed by atoms with Gasteiger partial charge in [0.05, 0.1) is 0 Å². The molecule has 1 saturated carbocycles. The topological polar surface area (TPSA) is 15.3 Å². The van der Waals surface area contributed by atoms with Gasteiger partial charge in [-0.05, 0) is 50.6 Å². The van der Waals surface area contributed by atoms with Gasteiger partial charge in [0, 0.05) is 18.6 Å². The first-order chi connectivity index (χ1) is 9.19. The molecular formula is C16H25FN2. The number of halogens is 1. The molecule has 1 N–H and O–H groups in total. The zero-order valence-corrected chi connectivity index (χ0v) is 12.0. The van der Waals surface area contributed by atoms with Crippen LogP contribution < -0.4 is 5.32 Å². The first-order valence-corrected chi connectivity index (χ1v) is 7.37. The van der Waals surface area contributed by atoms with Crippen LogP contribution in [0.4, 0.5) is 4.39 Å². The van der Waals surface area contributed by atoms with E-state index in [4.69, 9.17) is 0 Å². The summed E-state index contributed by atoms with van der Waals surface area (Å²) in [7, 11) is 2.18. The Hall–Kier alpha value is -0.930. The van der Waals surface area contributed by atoms with Gasteiger partial charge in [0.2, 0.25) is 0 Å². The van der Waals surface area contributed by atoms with Gasteiger partial charge in [0.15, 0.2) is 0 Å². The fraction of sp³-hybridized carbons (Fsp3) is 0.625. The van der Waals surface area contributed by atoms with Crippen LogP contribution in [0, 0.1) is 5.82 Å². The molecule has 19 heavy (non-hydrogen) atoms. The third-order valence-electron chi connectivity index (χ3n) is 4.11. The first kappa shape index (κ1) is 14.5. The fourth-order valence-corrected chi connectivity index (χ4v) is 3.05. The molecule has 0 saturated heterocycles. The van der Waals surface area contributed by atoms with Crippen molar-refractivity contribution in [1.82, 2.24) is 10.2 Å². The summed E-state index contributed by atoms with van der Waals surface area (Å²) in [6, 6.07) is 8.17. The normalized spacial score (nSPS) is 23.8. The maximum absolute atomic E-state index is 12.9. The molecule has 2 rings (SSSR count). The summed E-state index contributed by atoms with van der Waals surface area (Å²) in [4.78, 5) is 2.41. The number of benzene rings is 1. The van der Waals surface area contributed by atoms with E-state index >= 15 is 0 Å². The first-order valence-electron chi connectivity index (χ1n) is 7.37. The maximum atomic E-state index is 12.9. The second-order valence-corrected chi connectivity index (χ2v) is 5.62. The molecular weight excluding hydrogens is 239 g/mol. The molecule has 0 amide bonds. The lowest BCUT2D eigenvalue weighted by atomic mass is 9.90. The van der Waals surface area contributed by atoms with Crippen LogP contribution in [0.5, 0.6) is 0 Å². The van der Waals surface area contributed by atoms with Gasteiger partial charge in [-0.3, -0.25) is 4.90 Å². The molecule has 0 bridgehead atoms. The van der Waals surface area contributed by atoms with E-state index in [0.29, 0.717) is 12.1 Å². The van der Waals surface area contributed by atoms with E-state index < -0.39 is 0 Å². The van der Waals surface area contributed by atoms with Crippen molar-refractivity contribution in [2.75, 3.05) is 13.6 Å². The van der Waals surface area contributed by atoms with Crippen LogP contribution in [-0.4, -0.2) is 30.6 Å². The van der Waals surface area contributed by atoms with E-state index in [2.05, 4.69) is 24.2 Å².